The fourth-order valence-corrected chi connectivity index (χ4v) is 2.24. The summed E-state index contributed by atoms with van der Waals surface area (Å²) in [7, 11) is 0. The third-order valence-corrected chi connectivity index (χ3v) is 3.26. The maximum absolute atomic E-state index is 12.1. The van der Waals surface area contributed by atoms with Gasteiger partial charge in [0.1, 0.15) is 5.75 Å². The van der Waals surface area contributed by atoms with Crippen molar-refractivity contribution in [1.29, 1.82) is 0 Å². The van der Waals surface area contributed by atoms with Crippen LogP contribution in [0.1, 0.15) is 17.9 Å². The topological polar surface area (TPSA) is 47.6 Å². The molecule has 1 unspecified atom stereocenters. The maximum Gasteiger partial charge on any atom is 0.228 e. The molecule has 90 valence electrons. The third kappa shape index (κ3) is 2.00. The SMILES string of the molecule is O=C(NC1COC1)C1CCOc2ccccc21. The van der Waals surface area contributed by atoms with Crippen LogP contribution < -0.4 is 10.1 Å². The molecule has 3 rings (SSSR count). The molecule has 2 aliphatic rings. The van der Waals surface area contributed by atoms with Crippen LogP contribution in [-0.4, -0.2) is 31.8 Å². The van der Waals surface area contributed by atoms with Gasteiger partial charge in [-0.2, -0.15) is 0 Å². The average Bonchev–Trinajstić information content (AvgIpc) is 2.33. The first-order valence-corrected chi connectivity index (χ1v) is 5.94. The number of hydrogen-bond acceptors (Lipinski definition) is 3. The van der Waals surface area contributed by atoms with Crippen LogP contribution >= 0.6 is 0 Å². The minimum atomic E-state index is -0.0828. The van der Waals surface area contributed by atoms with Crippen LogP contribution in [0.2, 0.25) is 0 Å². The normalized spacial score (nSPS) is 23.2. The number of benzene rings is 1. The maximum atomic E-state index is 12.1. The minimum absolute atomic E-state index is 0.0828. The van der Waals surface area contributed by atoms with Crippen molar-refractivity contribution in [3.63, 3.8) is 0 Å². The molecular weight excluding hydrogens is 218 g/mol. The Kier molecular flexibility index (Phi) is 2.73. The zero-order valence-corrected chi connectivity index (χ0v) is 9.52. The van der Waals surface area contributed by atoms with Crippen molar-refractivity contribution in [2.24, 2.45) is 0 Å². The first-order chi connectivity index (χ1) is 8.34. The zero-order valence-electron chi connectivity index (χ0n) is 9.52. The van der Waals surface area contributed by atoms with Gasteiger partial charge in [-0.05, 0) is 12.5 Å². The fraction of sp³-hybridized carbons (Fsp3) is 0.462. The van der Waals surface area contributed by atoms with Crippen LogP contribution in [0.25, 0.3) is 0 Å². The van der Waals surface area contributed by atoms with E-state index in [1.54, 1.807) is 0 Å². The molecule has 1 amide bonds. The summed E-state index contributed by atoms with van der Waals surface area (Å²) in [4.78, 5) is 12.1. The summed E-state index contributed by atoms with van der Waals surface area (Å²) in [6.45, 7) is 1.88. The Bertz CT molecular complexity index is 428. The Labute approximate surface area is 99.9 Å². The van der Waals surface area contributed by atoms with Gasteiger partial charge in [0.05, 0.1) is 31.8 Å². The third-order valence-electron chi connectivity index (χ3n) is 3.26. The van der Waals surface area contributed by atoms with Gasteiger partial charge in [0, 0.05) is 5.56 Å². The second kappa shape index (κ2) is 4.37. The first-order valence-electron chi connectivity index (χ1n) is 5.94. The molecule has 4 heteroatoms. The van der Waals surface area contributed by atoms with E-state index in [-0.39, 0.29) is 17.9 Å². The highest BCUT2D eigenvalue weighted by molar-refractivity contribution is 5.85. The number of para-hydroxylation sites is 1. The highest BCUT2D eigenvalue weighted by Crippen LogP contribution is 2.33. The molecule has 2 heterocycles. The molecule has 0 bridgehead atoms. The van der Waals surface area contributed by atoms with Crippen LogP contribution in [0.4, 0.5) is 0 Å². The molecule has 1 N–H and O–H groups in total. The summed E-state index contributed by atoms with van der Waals surface area (Å²) in [6.07, 6.45) is 0.746. The predicted octanol–water partition coefficient (Wildman–Crippen LogP) is 1.07. The molecule has 1 fully saturated rings. The molecule has 2 aliphatic heterocycles. The highest BCUT2D eigenvalue weighted by atomic mass is 16.5. The summed E-state index contributed by atoms with van der Waals surface area (Å²) in [5, 5.41) is 3.01. The monoisotopic (exact) mass is 233 g/mol. The van der Waals surface area contributed by atoms with Crippen molar-refractivity contribution in [2.45, 2.75) is 18.4 Å². The van der Waals surface area contributed by atoms with E-state index in [4.69, 9.17) is 9.47 Å². The molecule has 0 radical (unpaired) electrons. The molecule has 0 spiro atoms. The Balaban J connectivity index is 1.77. The quantitative estimate of drug-likeness (QED) is 0.831. The highest BCUT2D eigenvalue weighted by Gasteiger charge is 2.30. The van der Waals surface area contributed by atoms with E-state index in [0.717, 1.165) is 17.7 Å². The van der Waals surface area contributed by atoms with Gasteiger partial charge in [0.25, 0.3) is 0 Å². The van der Waals surface area contributed by atoms with E-state index in [2.05, 4.69) is 5.32 Å². The molecule has 0 aromatic heterocycles. The molecular formula is C13H15NO3. The van der Waals surface area contributed by atoms with Crippen LogP contribution in [0.5, 0.6) is 5.75 Å². The fourth-order valence-electron chi connectivity index (χ4n) is 2.24. The van der Waals surface area contributed by atoms with Crippen molar-refractivity contribution in [3.8, 4) is 5.75 Å². The van der Waals surface area contributed by atoms with Gasteiger partial charge in [0.15, 0.2) is 0 Å². The molecule has 1 aromatic carbocycles. The standard InChI is InChI=1S/C13H15NO3/c15-13(14-9-7-16-8-9)11-5-6-17-12-4-2-1-3-10(11)12/h1-4,9,11H,5-8H2,(H,14,15). The van der Waals surface area contributed by atoms with E-state index in [1.165, 1.54) is 0 Å². The van der Waals surface area contributed by atoms with Gasteiger partial charge in [-0.3, -0.25) is 4.79 Å². The molecule has 1 atom stereocenters. The Morgan fingerprint density at radius 3 is 2.88 bits per heavy atom. The largest absolute Gasteiger partial charge is 0.493 e. The number of carbonyl (C=O) groups excluding carboxylic acids is 1. The number of ether oxygens (including phenoxy) is 2. The smallest absolute Gasteiger partial charge is 0.228 e. The van der Waals surface area contributed by atoms with E-state index >= 15 is 0 Å². The lowest BCUT2D eigenvalue weighted by Gasteiger charge is -2.30. The van der Waals surface area contributed by atoms with Gasteiger partial charge in [0.2, 0.25) is 5.91 Å². The van der Waals surface area contributed by atoms with E-state index < -0.39 is 0 Å². The van der Waals surface area contributed by atoms with E-state index in [9.17, 15) is 4.79 Å². The Morgan fingerprint density at radius 2 is 2.12 bits per heavy atom. The molecule has 1 aromatic rings. The van der Waals surface area contributed by atoms with Crippen molar-refractivity contribution in [3.05, 3.63) is 29.8 Å². The van der Waals surface area contributed by atoms with E-state index in [0.29, 0.717) is 19.8 Å². The summed E-state index contributed by atoms with van der Waals surface area (Å²) < 4.78 is 10.6. The summed E-state index contributed by atoms with van der Waals surface area (Å²) in [5.41, 5.74) is 0.997. The molecule has 0 saturated carbocycles. The molecule has 1 saturated heterocycles. The van der Waals surface area contributed by atoms with Gasteiger partial charge in [-0.1, -0.05) is 18.2 Å². The Hall–Kier alpha value is -1.55. The second-order valence-corrected chi connectivity index (χ2v) is 4.47. The lowest BCUT2D eigenvalue weighted by atomic mass is 9.92. The zero-order chi connectivity index (χ0) is 11.7. The van der Waals surface area contributed by atoms with Crippen LogP contribution in [0, 0.1) is 0 Å². The number of rotatable bonds is 2. The van der Waals surface area contributed by atoms with Crippen LogP contribution in [0.3, 0.4) is 0 Å². The number of hydrogen-bond donors (Lipinski definition) is 1. The summed E-state index contributed by atoms with van der Waals surface area (Å²) in [5.74, 6) is 0.846. The van der Waals surface area contributed by atoms with Crippen molar-refractivity contribution >= 4 is 5.91 Å². The van der Waals surface area contributed by atoms with Gasteiger partial charge in [-0.15, -0.1) is 0 Å². The van der Waals surface area contributed by atoms with Crippen molar-refractivity contribution < 1.29 is 14.3 Å². The summed E-state index contributed by atoms with van der Waals surface area (Å²) in [6, 6.07) is 7.95. The van der Waals surface area contributed by atoms with E-state index in [1.807, 2.05) is 24.3 Å². The predicted molar refractivity (Wildman–Crippen MR) is 62.0 cm³/mol. The molecule has 0 aliphatic carbocycles. The van der Waals surface area contributed by atoms with Gasteiger partial charge < -0.3 is 14.8 Å². The van der Waals surface area contributed by atoms with Gasteiger partial charge in [-0.25, -0.2) is 0 Å². The number of fused-ring (bicyclic) bond motifs is 1. The summed E-state index contributed by atoms with van der Waals surface area (Å²) >= 11 is 0. The number of nitrogens with one attached hydrogen (secondary N) is 1. The lowest BCUT2D eigenvalue weighted by molar-refractivity contribution is -0.127. The minimum Gasteiger partial charge on any atom is -0.493 e. The van der Waals surface area contributed by atoms with Crippen LogP contribution in [-0.2, 0) is 9.53 Å². The van der Waals surface area contributed by atoms with Crippen molar-refractivity contribution in [2.75, 3.05) is 19.8 Å². The number of amides is 1. The Morgan fingerprint density at radius 1 is 1.29 bits per heavy atom. The van der Waals surface area contributed by atoms with Gasteiger partial charge >= 0.3 is 0 Å². The lowest BCUT2D eigenvalue weighted by Crippen LogP contribution is -2.50. The van der Waals surface area contributed by atoms with Crippen LogP contribution in [0.15, 0.2) is 24.3 Å². The van der Waals surface area contributed by atoms with Crippen molar-refractivity contribution in [1.82, 2.24) is 5.32 Å². The first kappa shape index (κ1) is 10.6. The average molecular weight is 233 g/mol. The molecule has 4 nitrogen and oxygen atoms in total. The number of carbonyl (C=O) groups is 1. The molecule has 17 heavy (non-hydrogen) atoms. The second-order valence-electron chi connectivity index (χ2n) is 4.47.